The lowest BCUT2D eigenvalue weighted by atomic mass is 10.1. The summed E-state index contributed by atoms with van der Waals surface area (Å²) in [6.07, 6.45) is 4.43. The summed E-state index contributed by atoms with van der Waals surface area (Å²) in [5.74, 6) is -1.39. The van der Waals surface area contributed by atoms with Gasteiger partial charge in [-0.2, -0.15) is 0 Å². The predicted molar refractivity (Wildman–Crippen MR) is 81.8 cm³/mol. The van der Waals surface area contributed by atoms with E-state index >= 15 is 0 Å². The van der Waals surface area contributed by atoms with Gasteiger partial charge in [0.25, 0.3) is 0 Å². The quantitative estimate of drug-likeness (QED) is 0.650. The van der Waals surface area contributed by atoms with E-state index in [1.807, 2.05) is 12.2 Å². The molecule has 0 aliphatic carbocycles. The van der Waals surface area contributed by atoms with Crippen LogP contribution < -0.4 is 10.9 Å². The van der Waals surface area contributed by atoms with Crippen molar-refractivity contribution in [3.8, 4) is 0 Å². The number of carboxylic acid groups (broad SMARTS) is 1. The first-order chi connectivity index (χ1) is 10.5. The molecule has 2 N–H and O–H groups in total. The Morgan fingerprint density at radius 1 is 1.32 bits per heavy atom. The zero-order valence-corrected chi connectivity index (χ0v) is 12.0. The molecular weight excluding hydrogens is 286 g/mol. The molecule has 0 spiro atoms. The van der Waals surface area contributed by atoms with Gasteiger partial charge in [-0.25, -0.2) is 9.59 Å². The normalized spacial score (nSPS) is 11.0. The lowest BCUT2D eigenvalue weighted by Crippen LogP contribution is -2.20. The monoisotopic (exact) mass is 301 g/mol. The Hall–Kier alpha value is -2.89. The van der Waals surface area contributed by atoms with Crippen molar-refractivity contribution in [2.45, 2.75) is 13.3 Å². The predicted octanol–water partition coefficient (Wildman–Crippen LogP) is 2.03. The minimum Gasteiger partial charge on any atom is -0.477 e. The number of hydrogen-bond donors (Lipinski definition) is 2. The topological polar surface area (TPSA) is 96.6 Å². The molecule has 1 amide bonds. The minimum absolute atomic E-state index is 0.0738. The van der Waals surface area contributed by atoms with Crippen LogP contribution in [0.5, 0.6) is 0 Å². The van der Waals surface area contributed by atoms with Crippen molar-refractivity contribution in [2.24, 2.45) is 0 Å². The van der Waals surface area contributed by atoms with Gasteiger partial charge in [0.1, 0.15) is 11.1 Å². The Balaban J connectivity index is 2.20. The molecule has 2 rings (SSSR count). The minimum atomic E-state index is -1.31. The molecule has 1 aromatic carbocycles. The van der Waals surface area contributed by atoms with Crippen molar-refractivity contribution in [2.75, 3.05) is 6.54 Å². The Bertz CT molecular complexity index is 804. The van der Waals surface area contributed by atoms with Crippen LogP contribution in [0.25, 0.3) is 17.0 Å². The fourth-order valence-electron chi connectivity index (χ4n) is 1.95. The molecular formula is C16H15NO5. The van der Waals surface area contributed by atoms with Crippen LogP contribution in [0.3, 0.4) is 0 Å². The first-order valence-electron chi connectivity index (χ1n) is 6.69. The molecule has 1 aromatic heterocycles. The summed E-state index contributed by atoms with van der Waals surface area (Å²) in [5.41, 5.74) is -0.0659. The number of carboxylic acids is 1. The van der Waals surface area contributed by atoms with Gasteiger partial charge in [0.05, 0.1) is 0 Å². The van der Waals surface area contributed by atoms with Gasteiger partial charge in [0, 0.05) is 18.9 Å². The number of hydrogen-bond acceptors (Lipinski definition) is 4. The fourth-order valence-corrected chi connectivity index (χ4v) is 1.95. The van der Waals surface area contributed by atoms with Gasteiger partial charge in [0.2, 0.25) is 5.91 Å². The third kappa shape index (κ3) is 3.82. The van der Waals surface area contributed by atoms with E-state index in [1.165, 1.54) is 13.0 Å². The first kappa shape index (κ1) is 15.5. The number of fused-ring (bicyclic) bond motifs is 1. The molecule has 0 bridgehead atoms. The number of nitrogens with one attached hydrogen (secondary N) is 1. The molecule has 114 valence electrons. The molecule has 0 unspecified atom stereocenters. The number of aromatic carboxylic acids is 1. The standard InChI is InChI=1S/C16H15NO5/c1-10(18)17-7-3-2-4-11-5-6-14-12(8-11)9-13(15(19)20)16(21)22-14/h2,4-6,8-9H,3,7H2,1H3,(H,17,18)(H,19,20). The van der Waals surface area contributed by atoms with Gasteiger partial charge in [0.15, 0.2) is 0 Å². The highest BCUT2D eigenvalue weighted by molar-refractivity contribution is 5.92. The highest BCUT2D eigenvalue weighted by atomic mass is 16.4. The Kier molecular flexibility index (Phi) is 4.73. The summed E-state index contributed by atoms with van der Waals surface area (Å²) in [6.45, 7) is 2.01. The summed E-state index contributed by atoms with van der Waals surface area (Å²) in [6, 6.07) is 6.42. The third-order valence-electron chi connectivity index (χ3n) is 2.98. The maximum absolute atomic E-state index is 11.5. The van der Waals surface area contributed by atoms with E-state index < -0.39 is 11.6 Å². The van der Waals surface area contributed by atoms with Crippen molar-refractivity contribution in [3.63, 3.8) is 0 Å². The Morgan fingerprint density at radius 3 is 2.77 bits per heavy atom. The molecule has 0 atom stereocenters. The molecule has 0 saturated carbocycles. The van der Waals surface area contributed by atoms with E-state index in [-0.39, 0.29) is 11.5 Å². The van der Waals surface area contributed by atoms with Crippen molar-refractivity contribution >= 4 is 28.9 Å². The summed E-state index contributed by atoms with van der Waals surface area (Å²) in [4.78, 5) is 33.1. The molecule has 0 aliphatic rings. The van der Waals surface area contributed by atoms with Gasteiger partial charge in [-0.05, 0) is 30.2 Å². The van der Waals surface area contributed by atoms with Gasteiger partial charge < -0.3 is 14.8 Å². The molecule has 22 heavy (non-hydrogen) atoms. The largest absolute Gasteiger partial charge is 0.477 e. The average molecular weight is 301 g/mol. The Labute approximate surface area is 126 Å². The average Bonchev–Trinajstić information content (AvgIpc) is 2.45. The number of amides is 1. The van der Waals surface area contributed by atoms with E-state index in [0.717, 1.165) is 5.56 Å². The van der Waals surface area contributed by atoms with Crippen LogP contribution in [0.2, 0.25) is 0 Å². The van der Waals surface area contributed by atoms with Crippen molar-refractivity contribution in [3.05, 3.63) is 51.9 Å². The van der Waals surface area contributed by atoms with Crippen LogP contribution in [0, 0.1) is 0 Å². The molecule has 6 heteroatoms. The molecule has 0 aliphatic heterocycles. The van der Waals surface area contributed by atoms with E-state index in [2.05, 4.69) is 5.32 Å². The zero-order chi connectivity index (χ0) is 16.1. The van der Waals surface area contributed by atoms with E-state index in [4.69, 9.17) is 9.52 Å². The zero-order valence-electron chi connectivity index (χ0n) is 12.0. The van der Waals surface area contributed by atoms with Crippen molar-refractivity contribution < 1.29 is 19.1 Å². The maximum atomic E-state index is 11.5. The maximum Gasteiger partial charge on any atom is 0.351 e. The van der Waals surface area contributed by atoms with Crippen LogP contribution in [0.1, 0.15) is 29.3 Å². The SMILES string of the molecule is CC(=O)NCCC=Cc1ccc2oc(=O)c(C(=O)O)cc2c1. The van der Waals surface area contributed by atoms with Crippen LogP contribution in [-0.2, 0) is 4.79 Å². The van der Waals surface area contributed by atoms with Crippen LogP contribution >= 0.6 is 0 Å². The highest BCUT2D eigenvalue weighted by Crippen LogP contribution is 2.17. The second-order valence-electron chi connectivity index (χ2n) is 4.72. The van der Waals surface area contributed by atoms with Gasteiger partial charge in [-0.3, -0.25) is 4.79 Å². The second kappa shape index (κ2) is 6.71. The third-order valence-corrected chi connectivity index (χ3v) is 2.98. The summed E-state index contributed by atoms with van der Waals surface area (Å²) in [5, 5.41) is 12.2. The molecule has 0 fully saturated rings. The van der Waals surface area contributed by atoms with Crippen LogP contribution in [-0.4, -0.2) is 23.5 Å². The number of benzene rings is 1. The van der Waals surface area contributed by atoms with Crippen LogP contribution in [0.4, 0.5) is 0 Å². The smallest absolute Gasteiger partial charge is 0.351 e. The van der Waals surface area contributed by atoms with E-state index in [9.17, 15) is 14.4 Å². The summed E-state index contributed by atoms with van der Waals surface area (Å²) >= 11 is 0. The van der Waals surface area contributed by atoms with Crippen LogP contribution in [0.15, 0.2) is 39.6 Å². The Morgan fingerprint density at radius 2 is 2.09 bits per heavy atom. The molecule has 0 radical (unpaired) electrons. The van der Waals surface area contributed by atoms with Crippen molar-refractivity contribution in [1.82, 2.24) is 5.32 Å². The summed E-state index contributed by atoms with van der Waals surface area (Å²) < 4.78 is 4.97. The molecule has 0 saturated heterocycles. The van der Waals surface area contributed by atoms with E-state index in [0.29, 0.717) is 23.9 Å². The van der Waals surface area contributed by atoms with Gasteiger partial charge >= 0.3 is 11.6 Å². The fraction of sp³-hybridized carbons (Fsp3) is 0.188. The second-order valence-corrected chi connectivity index (χ2v) is 4.72. The molecule has 6 nitrogen and oxygen atoms in total. The van der Waals surface area contributed by atoms with Gasteiger partial charge in [-0.1, -0.05) is 18.2 Å². The molecule has 1 heterocycles. The number of carbonyl (C=O) groups is 2. The summed E-state index contributed by atoms with van der Waals surface area (Å²) in [7, 11) is 0. The highest BCUT2D eigenvalue weighted by Gasteiger charge is 2.11. The first-order valence-corrected chi connectivity index (χ1v) is 6.69. The lowest BCUT2D eigenvalue weighted by molar-refractivity contribution is -0.118. The molecule has 2 aromatic rings. The van der Waals surface area contributed by atoms with Gasteiger partial charge in [-0.15, -0.1) is 0 Å². The number of carbonyl (C=O) groups excluding carboxylic acids is 1. The number of rotatable bonds is 5. The van der Waals surface area contributed by atoms with Crippen molar-refractivity contribution in [1.29, 1.82) is 0 Å². The van der Waals surface area contributed by atoms with E-state index in [1.54, 1.807) is 18.2 Å². The lowest BCUT2D eigenvalue weighted by Gasteiger charge is -2.01.